The lowest BCUT2D eigenvalue weighted by Gasteiger charge is -2.10. The minimum Gasteiger partial charge on any atom is -0.305 e. The van der Waals surface area contributed by atoms with E-state index in [2.05, 4.69) is 75.3 Å². The van der Waals surface area contributed by atoms with Gasteiger partial charge in [-0.2, -0.15) is 0 Å². The third-order valence-electron chi connectivity index (χ3n) is 3.21. The number of hydrogen-bond acceptors (Lipinski definition) is 1. The average molecular weight is 253 g/mol. The van der Waals surface area contributed by atoms with Crippen molar-refractivity contribution in [1.29, 1.82) is 0 Å². The molecule has 0 bridgehead atoms. The number of benzene rings is 2. The molecule has 0 aliphatic heterocycles. The van der Waals surface area contributed by atoms with E-state index in [1.54, 1.807) is 0 Å². The van der Waals surface area contributed by atoms with Crippen molar-refractivity contribution in [2.24, 2.45) is 0 Å². The van der Waals surface area contributed by atoms with Crippen molar-refractivity contribution in [2.75, 3.05) is 14.1 Å². The summed E-state index contributed by atoms with van der Waals surface area (Å²) in [5, 5.41) is 0. The van der Waals surface area contributed by atoms with Gasteiger partial charge in [-0.05, 0) is 51.1 Å². The molecule has 1 nitrogen and oxygen atoms in total. The molecule has 2 aromatic carbocycles. The number of rotatable bonds is 4. The van der Waals surface area contributed by atoms with Crippen molar-refractivity contribution in [3.05, 3.63) is 70.3 Å². The van der Waals surface area contributed by atoms with Gasteiger partial charge < -0.3 is 4.90 Å². The fraction of sp³-hybridized carbons (Fsp3) is 0.333. The Balaban J connectivity index is 2.10. The first-order chi connectivity index (χ1) is 9.02. The summed E-state index contributed by atoms with van der Waals surface area (Å²) in [4.78, 5) is 2.19. The number of aryl methyl sites for hydroxylation is 2. The fourth-order valence-electron chi connectivity index (χ4n) is 2.53. The molecule has 19 heavy (non-hydrogen) atoms. The van der Waals surface area contributed by atoms with Crippen LogP contribution in [0.15, 0.2) is 42.5 Å². The van der Waals surface area contributed by atoms with Gasteiger partial charge in [0.25, 0.3) is 0 Å². The summed E-state index contributed by atoms with van der Waals surface area (Å²) in [6.07, 6.45) is 1.02. The smallest absolute Gasteiger partial charge is 0.0227 e. The van der Waals surface area contributed by atoms with Crippen LogP contribution in [0.1, 0.15) is 27.8 Å². The Morgan fingerprint density at radius 2 is 1.26 bits per heavy atom. The Bertz CT molecular complexity index is 518. The lowest BCUT2D eigenvalue weighted by molar-refractivity contribution is 0.402. The molecule has 0 fully saturated rings. The van der Waals surface area contributed by atoms with Crippen molar-refractivity contribution < 1.29 is 0 Å². The first kappa shape index (κ1) is 13.8. The van der Waals surface area contributed by atoms with Crippen LogP contribution in [-0.4, -0.2) is 19.0 Å². The molecule has 0 aromatic heterocycles. The van der Waals surface area contributed by atoms with Gasteiger partial charge in [0.15, 0.2) is 0 Å². The Kier molecular flexibility index (Phi) is 4.39. The Labute approximate surface area is 116 Å². The highest BCUT2D eigenvalue weighted by Gasteiger charge is 2.00. The van der Waals surface area contributed by atoms with E-state index in [1.807, 2.05) is 0 Å². The molecule has 100 valence electrons. The van der Waals surface area contributed by atoms with Crippen molar-refractivity contribution in [3.8, 4) is 0 Å². The van der Waals surface area contributed by atoms with E-state index in [0.29, 0.717) is 0 Å². The second-order valence-corrected chi connectivity index (χ2v) is 5.73. The normalized spacial score (nSPS) is 11.0. The van der Waals surface area contributed by atoms with E-state index >= 15 is 0 Å². The zero-order valence-electron chi connectivity index (χ0n) is 12.4. The molecular weight excluding hydrogens is 230 g/mol. The van der Waals surface area contributed by atoms with Crippen LogP contribution in [0.2, 0.25) is 0 Å². The van der Waals surface area contributed by atoms with Gasteiger partial charge in [-0.3, -0.25) is 0 Å². The van der Waals surface area contributed by atoms with E-state index in [1.165, 1.54) is 27.8 Å². The molecular formula is C18H23N. The summed E-state index contributed by atoms with van der Waals surface area (Å²) >= 11 is 0. The largest absolute Gasteiger partial charge is 0.305 e. The minimum atomic E-state index is 1.00. The summed E-state index contributed by atoms with van der Waals surface area (Å²) in [5.41, 5.74) is 6.85. The molecule has 2 aromatic rings. The molecule has 2 rings (SSSR count). The van der Waals surface area contributed by atoms with Crippen LogP contribution in [0.4, 0.5) is 0 Å². The van der Waals surface area contributed by atoms with Crippen LogP contribution in [0.5, 0.6) is 0 Å². The molecule has 0 saturated heterocycles. The molecule has 0 aliphatic rings. The van der Waals surface area contributed by atoms with Crippen LogP contribution in [0, 0.1) is 13.8 Å². The van der Waals surface area contributed by atoms with Crippen LogP contribution >= 0.6 is 0 Å². The van der Waals surface area contributed by atoms with Crippen LogP contribution in [-0.2, 0) is 13.0 Å². The number of hydrogen-bond donors (Lipinski definition) is 0. The van der Waals surface area contributed by atoms with Gasteiger partial charge in [0.05, 0.1) is 0 Å². The maximum absolute atomic E-state index is 2.28. The molecule has 0 atom stereocenters. The van der Waals surface area contributed by atoms with Crippen molar-refractivity contribution in [1.82, 2.24) is 4.90 Å². The van der Waals surface area contributed by atoms with E-state index in [0.717, 1.165) is 13.0 Å². The van der Waals surface area contributed by atoms with Gasteiger partial charge in [0.2, 0.25) is 0 Å². The molecule has 1 heteroatoms. The van der Waals surface area contributed by atoms with E-state index in [-0.39, 0.29) is 0 Å². The summed E-state index contributed by atoms with van der Waals surface area (Å²) < 4.78 is 0. The Hall–Kier alpha value is -1.60. The SMILES string of the molecule is Cc1cc(C)cc(Cc2ccc(CN(C)C)cc2)c1. The van der Waals surface area contributed by atoms with E-state index in [4.69, 9.17) is 0 Å². The lowest BCUT2D eigenvalue weighted by atomic mass is 10.00. The maximum Gasteiger partial charge on any atom is 0.0227 e. The van der Waals surface area contributed by atoms with Gasteiger partial charge in [-0.25, -0.2) is 0 Å². The Morgan fingerprint density at radius 3 is 1.79 bits per heavy atom. The highest BCUT2D eigenvalue weighted by molar-refractivity contribution is 5.33. The fourth-order valence-corrected chi connectivity index (χ4v) is 2.53. The monoisotopic (exact) mass is 253 g/mol. The van der Waals surface area contributed by atoms with Gasteiger partial charge in [-0.1, -0.05) is 53.6 Å². The van der Waals surface area contributed by atoms with Crippen LogP contribution in [0.3, 0.4) is 0 Å². The maximum atomic E-state index is 2.28. The first-order valence-corrected chi connectivity index (χ1v) is 6.82. The van der Waals surface area contributed by atoms with Gasteiger partial charge in [0, 0.05) is 6.54 Å². The first-order valence-electron chi connectivity index (χ1n) is 6.82. The predicted octanol–water partition coefficient (Wildman–Crippen LogP) is 3.96. The molecule has 0 saturated carbocycles. The van der Waals surface area contributed by atoms with Crippen LogP contribution < -0.4 is 0 Å². The summed E-state index contributed by atoms with van der Waals surface area (Å²) in [6, 6.07) is 15.7. The molecule has 0 unspecified atom stereocenters. The summed E-state index contributed by atoms with van der Waals surface area (Å²) in [7, 11) is 4.20. The van der Waals surface area contributed by atoms with Crippen molar-refractivity contribution in [3.63, 3.8) is 0 Å². The second kappa shape index (κ2) is 6.03. The average Bonchev–Trinajstić information content (AvgIpc) is 2.29. The van der Waals surface area contributed by atoms with E-state index in [9.17, 15) is 0 Å². The van der Waals surface area contributed by atoms with E-state index < -0.39 is 0 Å². The van der Waals surface area contributed by atoms with Gasteiger partial charge in [0.1, 0.15) is 0 Å². The number of nitrogens with zero attached hydrogens (tertiary/aromatic N) is 1. The zero-order valence-corrected chi connectivity index (χ0v) is 12.4. The highest BCUT2D eigenvalue weighted by Crippen LogP contribution is 2.15. The molecule has 0 N–H and O–H groups in total. The highest BCUT2D eigenvalue weighted by atomic mass is 15.0. The predicted molar refractivity (Wildman–Crippen MR) is 82.6 cm³/mol. The third kappa shape index (κ3) is 4.22. The van der Waals surface area contributed by atoms with Gasteiger partial charge in [-0.15, -0.1) is 0 Å². The second-order valence-electron chi connectivity index (χ2n) is 5.73. The minimum absolute atomic E-state index is 1.00. The molecule has 0 spiro atoms. The molecule has 0 radical (unpaired) electrons. The lowest BCUT2D eigenvalue weighted by Crippen LogP contribution is -2.10. The van der Waals surface area contributed by atoms with Crippen LogP contribution in [0.25, 0.3) is 0 Å². The third-order valence-corrected chi connectivity index (χ3v) is 3.21. The van der Waals surface area contributed by atoms with Crippen molar-refractivity contribution in [2.45, 2.75) is 26.8 Å². The Morgan fingerprint density at radius 1 is 0.737 bits per heavy atom. The summed E-state index contributed by atoms with van der Waals surface area (Å²) in [5.74, 6) is 0. The molecule has 0 heterocycles. The van der Waals surface area contributed by atoms with Gasteiger partial charge >= 0.3 is 0 Å². The molecule has 0 aliphatic carbocycles. The van der Waals surface area contributed by atoms with Crippen molar-refractivity contribution >= 4 is 0 Å². The quantitative estimate of drug-likeness (QED) is 0.797. The summed E-state index contributed by atoms with van der Waals surface area (Å²) in [6.45, 7) is 5.33. The topological polar surface area (TPSA) is 3.24 Å². The standard InChI is InChI=1S/C18H23N/c1-14-9-15(2)11-18(10-14)12-16-5-7-17(8-6-16)13-19(3)4/h5-11H,12-13H2,1-4H3. The molecule has 0 amide bonds. The zero-order chi connectivity index (χ0) is 13.8.